The summed E-state index contributed by atoms with van der Waals surface area (Å²) in [5.41, 5.74) is 0. The van der Waals surface area contributed by atoms with Crippen LogP contribution >= 0.6 is 11.6 Å². The first-order valence-electron chi connectivity index (χ1n) is 5.16. The molecule has 1 aliphatic rings. The fourth-order valence-corrected chi connectivity index (χ4v) is 1.53. The van der Waals surface area contributed by atoms with Gasteiger partial charge >= 0.3 is 0 Å². The normalized spacial score (nSPS) is 25.4. The molecule has 78 valence electrons. The molecule has 1 heterocycles. The fraction of sp³-hybridized carbons (Fsp3) is 1.00. The van der Waals surface area contributed by atoms with E-state index in [1.54, 1.807) is 0 Å². The van der Waals surface area contributed by atoms with Crippen LogP contribution in [0.1, 0.15) is 26.7 Å². The Morgan fingerprint density at radius 1 is 1.54 bits per heavy atom. The number of hydrogen-bond acceptors (Lipinski definition) is 2. The summed E-state index contributed by atoms with van der Waals surface area (Å²) in [6.45, 7) is 7.06. The molecule has 3 heteroatoms. The van der Waals surface area contributed by atoms with Crippen molar-refractivity contribution in [3.63, 3.8) is 0 Å². The first kappa shape index (κ1) is 11.3. The Bertz CT molecular complexity index is 133. The van der Waals surface area contributed by atoms with Crippen LogP contribution in [0.5, 0.6) is 0 Å². The van der Waals surface area contributed by atoms with Crippen molar-refractivity contribution < 1.29 is 4.74 Å². The molecule has 0 saturated carbocycles. The van der Waals surface area contributed by atoms with Gasteiger partial charge in [-0.15, -0.1) is 11.6 Å². The summed E-state index contributed by atoms with van der Waals surface area (Å²) in [5, 5.41) is 3.59. The lowest BCUT2D eigenvalue weighted by molar-refractivity contribution is 0.110. The van der Waals surface area contributed by atoms with E-state index in [4.69, 9.17) is 16.3 Å². The van der Waals surface area contributed by atoms with Crippen molar-refractivity contribution >= 4 is 11.6 Å². The van der Waals surface area contributed by atoms with Gasteiger partial charge in [-0.3, -0.25) is 0 Å². The summed E-state index contributed by atoms with van der Waals surface area (Å²) in [6, 6.07) is 0. The Kier molecular flexibility index (Phi) is 5.07. The summed E-state index contributed by atoms with van der Waals surface area (Å²) in [7, 11) is 0. The van der Waals surface area contributed by atoms with Crippen LogP contribution in [0.2, 0.25) is 0 Å². The highest BCUT2D eigenvalue weighted by molar-refractivity contribution is 6.20. The third-order valence-electron chi connectivity index (χ3n) is 2.46. The highest BCUT2D eigenvalue weighted by atomic mass is 35.5. The smallest absolute Gasteiger partial charge is 0.0700 e. The van der Waals surface area contributed by atoms with Crippen LogP contribution in [0.15, 0.2) is 0 Å². The molecule has 2 unspecified atom stereocenters. The van der Waals surface area contributed by atoms with E-state index in [1.807, 2.05) is 0 Å². The summed E-state index contributed by atoms with van der Waals surface area (Å²) in [6.07, 6.45) is 2.83. The van der Waals surface area contributed by atoms with Crippen molar-refractivity contribution in [3.8, 4) is 0 Å². The second kappa shape index (κ2) is 5.84. The molecule has 1 saturated heterocycles. The van der Waals surface area contributed by atoms with E-state index in [9.17, 15) is 0 Å². The van der Waals surface area contributed by atoms with E-state index >= 15 is 0 Å². The number of ether oxygens (including phenoxy) is 1. The van der Waals surface area contributed by atoms with Crippen LogP contribution in [0.3, 0.4) is 0 Å². The third-order valence-corrected chi connectivity index (χ3v) is 3.12. The first-order valence-corrected chi connectivity index (χ1v) is 5.60. The number of hydrogen-bond donors (Lipinski definition) is 1. The molecule has 1 N–H and O–H groups in total. The number of alkyl halides is 1. The summed E-state index contributed by atoms with van der Waals surface area (Å²) < 4.78 is 5.49. The third kappa shape index (κ3) is 4.30. The average molecular weight is 206 g/mol. The van der Waals surface area contributed by atoms with Crippen LogP contribution in [-0.4, -0.2) is 31.2 Å². The van der Waals surface area contributed by atoms with Crippen molar-refractivity contribution in [2.24, 2.45) is 5.92 Å². The van der Waals surface area contributed by atoms with Crippen molar-refractivity contribution in [2.45, 2.75) is 38.2 Å². The minimum atomic E-state index is 0.237. The molecular weight excluding hydrogens is 186 g/mol. The van der Waals surface area contributed by atoms with Gasteiger partial charge in [0, 0.05) is 25.1 Å². The molecule has 0 aromatic rings. The predicted molar refractivity (Wildman–Crippen MR) is 56.3 cm³/mol. The van der Waals surface area contributed by atoms with Crippen molar-refractivity contribution in [3.05, 3.63) is 0 Å². The van der Waals surface area contributed by atoms with Crippen LogP contribution < -0.4 is 5.32 Å². The van der Waals surface area contributed by atoms with Crippen molar-refractivity contribution in [1.82, 2.24) is 5.32 Å². The van der Waals surface area contributed by atoms with Crippen LogP contribution in [0.25, 0.3) is 0 Å². The monoisotopic (exact) mass is 205 g/mol. The molecule has 0 aromatic heterocycles. The molecule has 2 atom stereocenters. The van der Waals surface area contributed by atoms with E-state index in [1.165, 1.54) is 12.8 Å². The maximum absolute atomic E-state index is 6.10. The van der Waals surface area contributed by atoms with E-state index in [0.29, 0.717) is 12.0 Å². The molecule has 0 amide bonds. The quantitative estimate of drug-likeness (QED) is 0.694. The van der Waals surface area contributed by atoms with Gasteiger partial charge in [0.1, 0.15) is 0 Å². The molecule has 1 aliphatic heterocycles. The largest absolute Gasteiger partial charge is 0.377 e. The average Bonchev–Trinajstić information content (AvgIpc) is 2.56. The molecule has 0 aliphatic carbocycles. The maximum Gasteiger partial charge on any atom is 0.0700 e. The van der Waals surface area contributed by atoms with Gasteiger partial charge in [0.2, 0.25) is 0 Å². The lowest BCUT2D eigenvalue weighted by Crippen LogP contribution is -2.32. The zero-order valence-corrected chi connectivity index (χ0v) is 9.31. The van der Waals surface area contributed by atoms with Crippen LogP contribution in [-0.2, 0) is 4.74 Å². The van der Waals surface area contributed by atoms with Gasteiger partial charge in [0.15, 0.2) is 0 Å². The van der Waals surface area contributed by atoms with Gasteiger partial charge in [0.25, 0.3) is 0 Å². The molecule has 0 aromatic carbocycles. The van der Waals surface area contributed by atoms with E-state index in [2.05, 4.69) is 19.2 Å². The number of halogens is 1. The zero-order valence-electron chi connectivity index (χ0n) is 8.55. The highest BCUT2D eigenvalue weighted by Gasteiger charge is 2.15. The minimum absolute atomic E-state index is 0.237. The highest BCUT2D eigenvalue weighted by Crippen LogP contribution is 2.11. The lowest BCUT2D eigenvalue weighted by Gasteiger charge is -2.16. The summed E-state index contributed by atoms with van der Waals surface area (Å²) in [5.74, 6) is 0.540. The molecule has 13 heavy (non-hydrogen) atoms. The Balaban J connectivity index is 1.99. The maximum atomic E-state index is 6.10. The molecule has 0 bridgehead atoms. The Labute approximate surface area is 86.0 Å². The number of rotatable bonds is 5. The molecule has 1 rings (SSSR count). The minimum Gasteiger partial charge on any atom is -0.377 e. The number of nitrogens with one attached hydrogen (secondary N) is 1. The first-order chi connectivity index (χ1) is 6.20. The molecule has 0 spiro atoms. The summed E-state index contributed by atoms with van der Waals surface area (Å²) >= 11 is 6.10. The van der Waals surface area contributed by atoms with Gasteiger partial charge in [-0.2, -0.15) is 0 Å². The Morgan fingerprint density at radius 3 is 2.85 bits per heavy atom. The second-order valence-corrected chi connectivity index (χ2v) is 4.61. The summed E-state index contributed by atoms with van der Waals surface area (Å²) in [4.78, 5) is 0. The molecular formula is C10H20ClNO. The van der Waals surface area contributed by atoms with Gasteiger partial charge in [-0.05, 0) is 18.8 Å². The van der Waals surface area contributed by atoms with E-state index in [-0.39, 0.29) is 5.38 Å². The predicted octanol–water partition coefficient (Wildman–Crippen LogP) is 2.02. The van der Waals surface area contributed by atoms with Gasteiger partial charge in [-0.1, -0.05) is 13.8 Å². The standard InChI is InChI=1S/C10H20ClNO/c1-8(2)10(11)7-12-6-9-4-3-5-13-9/h8-10,12H,3-7H2,1-2H3. The second-order valence-electron chi connectivity index (χ2n) is 4.05. The van der Waals surface area contributed by atoms with Gasteiger partial charge in [0.05, 0.1) is 6.10 Å². The van der Waals surface area contributed by atoms with Crippen LogP contribution in [0.4, 0.5) is 0 Å². The molecule has 2 nitrogen and oxygen atoms in total. The molecule has 0 radical (unpaired) electrons. The van der Waals surface area contributed by atoms with Crippen LogP contribution in [0, 0.1) is 5.92 Å². The lowest BCUT2D eigenvalue weighted by atomic mass is 10.1. The van der Waals surface area contributed by atoms with E-state index in [0.717, 1.165) is 19.7 Å². The van der Waals surface area contributed by atoms with Crippen molar-refractivity contribution in [2.75, 3.05) is 19.7 Å². The van der Waals surface area contributed by atoms with E-state index < -0.39 is 0 Å². The fourth-order valence-electron chi connectivity index (χ4n) is 1.42. The Morgan fingerprint density at radius 2 is 2.31 bits per heavy atom. The zero-order chi connectivity index (χ0) is 9.68. The SMILES string of the molecule is CC(C)C(Cl)CNCC1CCCO1. The van der Waals surface area contributed by atoms with Crippen molar-refractivity contribution in [1.29, 1.82) is 0 Å². The molecule has 1 fully saturated rings. The van der Waals surface area contributed by atoms with Gasteiger partial charge < -0.3 is 10.1 Å². The topological polar surface area (TPSA) is 21.3 Å². The van der Waals surface area contributed by atoms with Gasteiger partial charge in [-0.25, -0.2) is 0 Å². The Hall–Kier alpha value is 0.210.